The van der Waals surface area contributed by atoms with Crippen molar-refractivity contribution in [3.8, 4) is 0 Å². The Morgan fingerprint density at radius 2 is 2.08 bits per heavy atom. The fourth-order valence-corrected chi connectivity index (χ4v) is 3.12. The van der Waals surface area contributed by atoms with Crippen LogP contribution >= 0.6 is 23.2 Å². The second-order valence-corrected chi connectivity index (χ2v) is 6.92. The fraction of sp³-hybridized carbons (Fsp3) is 0.778. The van der Waals surface area contributed by atoms with Gasteiger partial charge in [-0.05, 0) is 37.0 Å². The molecule has 12 heavy (non-hydrogen) atoms. The Morgan fingerprint density at radius 1 is 1.33 bits per heavy atom. The number of hydrogen-bond donors (Lipinski definition) is 0. The largest absolute Gasteiger partial charge is 0.107 e. The lowest BCUT2D eigenvalue weighted by Crippen LogP contribution is -2.20. The van der Waals surface area contributed by atoms with E-state index < -0.39 is 3.96 Å². The summed E-state index contributed by atoms with van der Waals surface area (Å²) >= 11 is 11.8. The van der Waals surface area contributed by atoms with E-state index in [1.54, 1.807) is 0 Å². The minimum Gasteiger partial charge on any atom is -0.107 e. The van der Waals surface area contributed by atoms with E-state index in [4.69, 9.17) is 23.2 Å². The number of hydrogen-bond acceptors (Lipinski definition) is 0. The third-order valence-corrected chi connectivity index (χ3v) is 3.45. The van der Waals surface area contributed by atoms with Crippen molar-refractivity contribution in [1.82, 2.24) is 0 Å². The van der Waals surface area contributed by atoms with E-state index >= 15 is 0 Å². The van der Waals surface area contributed by atoms with Crippen LogP contribution in [0.1, 0.15) is 19.3 Å². The van der Waals surface area contributed by atoms with Crippen LogP contribution in [0.4, 0.5) is 0 Å². The normalized spacial score (nSPS) is 39.4. The maximum atomic E-state index is 5.91. The minimum atomic E-state index is -0.719. The molecular formula is C9H11Cl2Si. The molecule has 1 saturated carbocycles. The van der Waals surface area contributed by atoms with Crippen molar-refractivity contribution in [3.05, 3.63) is 12.2 Å². The van der Waals surface area contributed by atoms with E-state index in [9.17, 15) is 0 Å². The highest BCUT2D eigenvalue weighted by Gasteiger charge is 2.38. The van der Waals surface area contributed by atoms with Gasteiger partial charge in [-0.15, -0.1) is 23.2 Å². The van der Waals surface area contributed by atoms with Gasteiger partial charge in [0, 0.05) is 0 Å². The molecule has 0 aromatic carbocycles. The molecule has 2 rings (SSSR count). The van der Waals surface area contributed by atoms with Gasteiger partial charge in [-0.2, -0.15) is 0 Å². The van der Waals surface area contributed by atoms with Gasteiger partial charge in [-0.3, -0.25) is 0 Å². The Kier molecular flexibility index (Phi) is 2.30. The lowest BCUT2D eigenvalue weighted by atomic mass is 9.91. The molecule has 3 atom stereocenters. The first-order chi connectivity index (χ1) is 5.54. The summed E-state index contributed by atoms with van der Waals surface area (Å²) in [4.78, 5) is 0. The highest BCUT2D eigenvalue weighted by atomic mass is 35.5. The van der Waals surface area contributed by atoms with Gasteiger partial charge < -0.3 is 0 Å². The molecule has 0 aromatic rings. The highest BCUT2D eigenvalue weighted by molar-refractivity contribution is 6.65. The molecule has 0 spiro atoms. The number of halogens is 2. The van der Waals surface area contributed by atoms with E-state index in [1.807, 2.05) is 0 Å². The summed E-state index contributed by atoms with van der Waals surface area (Å²) in [6, 6.07) is 0. The van der Waals surface area contributed by atoms with Crippen molar-refractivity contribution >= 4 is 33.4 Å². The van der Waals surface area contributed by atoms with Crippen molar-refractivity contribution in [3.63, 3.8) is 0 Å². The van der Waals surface area contributed by atoms with Crippen molar-refractivity contribution < 1.29 is 0 Å². The quantitative estimate of drug-likeness (QED) is 0.380. The Balaban J connectivity index is 1.96. The van der Waals surface area contributed by atoms with E-state index in [1.165, 1.54) is 12.8 Å². The average molecular weight is 218 g/mol. The molecule has 2 bridgehead atoms. The summed E-state index contributed by atoms with van der Waals surface area (Å²) in [5.41, 5.74) is 0. The highest BCUT2D eigenvalue weighted by Crippen LogP contribution is 2.47. The van der Waals surface area contributed by atoms with Crippen molar-refractivity contribution in [2.24, 2.45) is 17.8 Å². The smallest absolute Gasteiger partial charge is 0.100 e. The molecule has 0 heterocycles. The van der Waals surface area contributed by atoms with Gasteiger partial charge >= 0.3 is 0 Å². The molecule has 3 heteroatoms. The SMILES string of the molecule is [Si]C(Cl)(Cl)CC1CC2C=CC1C2. The third-order valence-electron chi connectivity index (χ3n) is 2.93. The number of fused-ring (bicyclic) bond motifs is 2. The molecule has 2 aliphatic rings. The molecule has 0 amide bonds. The molecule has 3 unspecified atom stereocenters. The van der Waals surface area contributed by atoms with Crippen LogP contribution in [0.3, 0.4) is 0 Å². The van der Waals surface area contributed by atoms with E-state index in [0.717, 1.165) is 18.3 Å². The molecule has 0 nitrogen and oxygen atoms in total. The molecule has 0 aliphatic heterocycles. The Labute approximate surface area is 86.7 Å². The zero-order valence-electron chi connectivity index (χ0n) is 6.76. The number of allylic oxidation sites excluding steroid dienone is 2. The van der Waals surface area contributed by atoms with Gasteiger partial charge in [0.2, 0.25) is 0 Å². The summed E-state index contributed by atoms with van der Waals surface area (Å²) in [5.74, 6) is 2.23. The average Bonchev–Trinajstić information content (AvgIpc) is 2.42. The first-order valence-electron chi connectivity index (χ1n) is 4.36. The summed E-state index contributed by atoms with van der Waals surface area (Å²) in [6.07, 6.45) is 8.11. The summed E-state index contributed by atoms with van der Waals surface area (Å²) in [6.45, 7) is 0. The molecular weight excluding hydrogens is 207 g/mol. The van der Waals surface area contributed by atoms with Gasteiger partial charge in [0.05, 0.1) is 10.2 Å². The van der Waals surface area contributed by atoms with Crippen LogP contribution in [0.15, 0.2) is 12.2 Å². The number of alkyl halides is 2. The van der Waals surface area contributed by atoms with Crippen LogP contribution in [0.25, 0.3) is 0 Å². The Morgan fingerprint density at radius 3 is 2.50 bits per heavy atom. The summed E-state index contributed by atoms with van der Waals surface area (Å²) in [7, 11) is 3.32. The number of rotatable bonds is 2. The van der Waals surface area contributed by atoms with E-state index in [0.29, 0.717) is 5.92 Å². The summed E-state index contributed by atoms with van der Waals surface area (Å²) < 4.78 is -0.719. The third kappa shape index (κ3) is 1.89. The van der Waals surface area contributed by atoms with Gasteiger partial charge in [0.25, 0.3) is 0 Å². The molecule has 65 valence electrons. The van der Waals surface area contributed by atoms with Crippen LogP contribution < -0.4 is 0 Å². The standard InChI is InChI=1S/C9H11Cl2Si/c10-9(11,12)5-8-4-6-1-2-7(8)3-6/h1-2,6-8H,3-5H2. The van der Waals surface area contributed by atoms with Gasteiger partial charge in [-0.25, -0.2) is 0 Å². The van der Waals surface area contributed by atoms with Gasteiger partial charge in [0.1, 0.15) is 3.96 Å². The summed E-state index contributed by atoms with van der Waals surface area (Å²) in [5, 5.41) is 0. The second kappa shape index (κ2) is 3.04. The first-order valence-corrected chi connectivity index (χ1v) is 5.61. The monoisotopic (exact) mass is 217 g/mol. The molecule has 0 N–H and O–H groups in total. The van der Waals surface area contributed by atoms with E-state index in [2.05, 4.69) is 22.4 Å². The van der Waals surface area contributed by atoms with Crippen molar-refractivity contribution in [2.45, 2.75) is 23.2 Å². The molecule has 1 fully saturated rings. The van der Waals surface area contributed by atoms with Crippen LogP contribution in [0.2, 0.25) is 0 Å². The molecule has 0 aromatic heterocycles. The van der Waals surface area contributed by atoms with E-state index in [-0.39, 0.29) is 0 Å². The Hall–Kier alpha value is 0.537. The van der Waals surface area contributed by atoms with Crippen molar-refractivity contribution in [1.29, 1.82) is 0 Å². The van der Waals surface area contributed by atoms with Crippen molar-refractivity contribution in [2.75, 3.05) is 0 Å². The lowest BCUT2D eigenvalue weighted by Gasteiger charge is -2.23. The maximum absolute atomic E-state index is 5.91. The van der Waals surface area contributed by atoms with Crippen LogP contribution in [0.5, 0.6) is 0 Å². The predicted molar refractivity (Wildman–Crippen MR) is 53.7 cm³/mol. The molecule has 0 saturated heterocycles. The first kappa shape index (κ1) is 9.11. The van der Waals surface area contributed by atoms with Crippen LogP contribution in [0, 0.1) is 17.8 Å². The second-order valence-electron chi connectivity index (χ2n) is 3.95. The Bertz CT molecular complexity index is 207. The zero-order chi connectivity index (χ0) is 8.77. The minimum absolute atomic E-state index is 0.687. The zero-order valence-corrected chi connectivity index (χ0v) is 9.28. The van der Waals surface area contributed by atoms with Crippen LogP contribution in [-0.4, -0.2) is 14.2 Å². The lowest BCUT2D eigenvalue weighted by molar-refractivity contribution is 0.420. The maximum Gasteiger partial charge on any atom is 0.100 e. The fourth-order valence-electron chi connectivity index (χ4n) is 2.46. The van der Waals surface area contributed by atoms with Gasteiger partial charge in [0.15, 0.2) is 0 Å². The molecule has 2 aliphatic carbocycles. The predicted octanol–water partition coefficient (Wildman–Crippen LogP) is 2.89. The molecule has 3 radical (unpaired) electrons. The van der Waals surface area contributed by atoms with Crippen LogP contribution in [-0.2, 0) is 0 Å². The topological polar surface area (TPSA) is 0 Å². The van der Waals surface area contributed by atoms with Gasteiger partial charge in [-0.1, -0.05) is 12.2 Å².